The molecule has 1 fully saturated rings. The van der Waals surface area contributed by atoms with Crippen molar-refractivity contribution in [2.75, 3.05) is 6.54 Å². The molecule has 0 radical (unpaired) electrons. The Kier molecular flexibility index (Phi) is 4.43. The number of amides is 1. The molecular weight excluding hydrogens is 240 g/mol. The highest BCUT2D eigenvalue weighted by molar-refractivity contribution is 5.82. The molecule has 3 N–H and O–H groups in total. The van der Waals surface area contributed by atoms with Crippen LogP contribution in [-0.4, -0.2) is 34.5 Å². The van der Waals surface area contributed by atoms with E-state index in [-0.39, 0.29) is 11.7 Å². The van der Waals surface area contributed by atoms with Gasteiger partial charge in [-0.05, 0) is 43.4 Å². The quantitative estimate of drug-likeness (QED) is 0.867. The first-order valence-corrected chi connectivity index (χ1v) is 6.95. The number of hydrogen-bond acceptors (Lipinski definition) is 3. The number of hydrogen-bond donors (Lipinski definition) is 2. The van der Waals surface area contributed by atoms with Gasteiger partial charge in [0.2, 0.25) is 5.91 Å². The van der Waals surface area contributed by atoms with Crippen LogP contribution in [0.3, 0.4) is 0 Å². The zero-order valence-corrected chi connectivity index (χ0v) is 11.4. The molecule has 4 heteroatoms. The van der Waals surface area contributed by atoms with Crippen molar-refractivity contribution in [2.45, 2.75) is 44.7 Å². The minimum absolute atomic E-state index is 0.0532. The van der Waals surface area contributed by atoms with Crippen molar-refractivity contribution in [3.05, 3.63) is 29.8 Å². The van der Waals surface area contributed by atoms with Gasteiger partial charge >= 0.3 is 0 Å². The summed E-state index contributed by atoms with van der Waals surface area (Å²) in [4.78, 5) is 14.3. The first-order chi connectivity index (χ1) is 9.11. The predicted octanol–water partition coefficient (Wildman–Crippen LogP) is 1.66. The Morgan fingerprint density at radius 3 is 2.79 bits per heavy atom. The lowest BCUT2D eigenvalue weighted by atomic mass is 10.0. The Bertz CT molecular complexity index is 430. The average molecular weight is 262 g/mol. The molecule has 1 aliphatic heterocycles. The van der Waals surface area contributed by atoms with Crippen LogP contribution in [0.1, 0.15) is 31.7 Å². The maximum absolute atomic E-state index is 12.3. The molecule has 1 amide bonds. The van der Waals surface area contributed by atoms with Crippen molar-refractivity contribution in [2.24, 2.45) is 5.73 Å². The fraction of sp³-hybridized carbons (Fsp3) is 0.533. The second-order valence-electron chi connectivity index (χ2n) is 5.21. The first-order valence-electron chi connectivity index (χ1n) is 6.95. The summed E-state index contributed by atoms with van der Waals surface area (Å²) in [5.74, 6) is 0.284. The second kappa shape index (κ2) is 6.06. The van der Waals surface area contributed by atoms with Crippen LogP contribution in [0.25, 0.3) is 0 Å². The van der Waals surface area contributed by atoms with Crippen molar-refractivity contribution < 1.29 is 9.90 Å². The number of nitrogens with two attached hydrogens (primary N) is 1. The van der Waals surface area contributed by atoms with Gasteiger partial charge in [0.05, 0.1) is 6.04 Å². The number of phenolic OH excluding ortho intramolecular Hbond substituents is 1. The van der Waals surface area contributed by atoms with E-state index in [1.54, 1.807) is 12.1 Å². The maximum Gasteiger partial charge on any atom is 0.240 e. The van der Waals surface area contributed by atoms with Gasteiger partial charge in [0, 0.05) is 12.6 Å². The van der Waals surface area contributed by atoms with Crippen LogP contribution in [-0.2, 0) is 11.2 Å². The Balaban J connectivity index is 1.97. The molecule has 1 aliphatic rings. The molecule has 1 heterocycles. The van der Waals surface area contributed by atoms with E-state index in [1.807, 2.05) is 17.0 Å². The van der Waals surface area contributed by atoms with E-state index in [0.717, 1.165) is 31.4 Å². The second-order valence-corrected chi connectivity index (χ2v) is 5.21. The molecule has 1 saturated heterocycles. The predicted molar refractivity (Wildman–Crippen MR) is 74.8 cm³/mol. The smallest absolute Gasteiger partial charge is 0.240 e. The highest BCUT2D eigenvalue weighted by Gasteiger charge is 2.30. The molecule has 0 aliphatic carbocycles. The monoisotopic (exact) mass is 262 g/mol. The standard InChI is InChI=1S/C15H22N2O2/c1-2-12-4-3-9-17(12)15(19)14(16)10-11-5-7-13(18)8-6-11/h5-8,12,14,18H,2-4,9-10,16H2,1H3. The van der Waals surface area contributed by atoms with E-state index in [0.29, 0.717) is 12.5 Å². The summed E-state index contributed by atoms with van der Waals surface area (Å²) in [6.45, 7) is 2.95. The third-order valence-electron chi connectivity index (χ3n) is 3.84. The molecule has 2 rings (SSSR count). The fourth-order valence-corrected chi connectivity index (χ4v) is 2.74. The first kappa shape index (κ1) is 13.9. The molecule has 0 bridgehead atoms. The van der Waals surface area contributed by atoms with E-state index in [1.165, 1.54) is 0 Å². The number of carbonyl (C=O) groups excluding carboxylic acids is 1. The molecular formula is C15H22N2O2. The number of likely N-dealkylation sites (tertiary alicyclic amines) is 1. The SMILES string of the molecule is CCC1CCCN1C(=O)C(N)Cc1ccc(O)cc1. The molecule has 1 aromatic rings. The van der Waals surface area contributed by atoms with E-state index >= 15 is 0 Å². The van der Waals surface area contributed by atoms with Crippen LogP contribution in [0, 0.1) is 0 Å². The lowest BCUT2D eigenvalue weighted by molar-refractivity contribution is -0.133. The summed E-state index contributed by atoms with van der Waals surface area (Å²) < 4.78 is 0. The minimum Gasteiger partial charge on any atom is -0.508 e. The van der Waals surface area contributed by atoms with E-state index in [4.69, 9.17) is 5.73 Å². The lowest BCUT2D eigenvalue weighted by Gasteiger charge is -2.26. The summed E-state index contributed by atoms with van der Waals surface area (Å²) in [6, 6.07) is 6.73. The van der Waals surface area contributed by atoms with Crippen molar-refractivity contribution in [3.8, 4) is 5.75 Å². The summed E-state index contributed by atoms with van der Waals surface area (Å²) in [5.41, 5.74) is 7.01. The van der Waals surface area contributed by atoms with Crippen molar-refractivity contribution in [3.63, 3.8) is 0 Å². The molecule has 0 aromatic heterocycles. The van der Waals surface area contributed by atoms with Gasteiger partial charge in [-0.1, -0.05) is 19.1 Å². The average Bonchev–Trinajstić information content (AvgIpc) is 2.88. The zero-order chi connectivity index (χ0) is 13.8. The van der Waals surface area contributed by atoms with Crippen LogP contribution in [0.4, 0.5) is 0 Å². The Hall–Kier alpha value is -1.55. The van der Waals surface area contributed by atoms with Crippen LogP contribution in [0.5, 0.6) is 5.75 Å². The molecule has 1 aromatic carbocycles. The molecule has 4 nitrogen and oxygen atoms in total. The van der Waals surface area contributed by atoms with Gasteiger partial charge < -0.3 is 15.7 Å². The Morgan fingerprint density at radius 1 is 1.47 bits per heavy atom. The van der Waals surface area contributed by atoms with Crippen molar-refractivity contribution >= 4 is 5.91 Å². The summed E-state index contributed by atoms with van der Waals surface area (Å²) in [5, 5.41) is 9.23. The number of phenols is 1. The van der Waals surface area contributed by atoms with Gasteiger partial charge in [-0.3, -0.25) is 4.79 Å². The van der Waals surface area contributed by atoms with Gasteiger partial charge in [-0.25, -0.2) is 0 Å². The largest absolute Gasteiger partial charge is 0.508 e. The molecule has 104 valence electrons. The van der Waals surface area contributed by atoms with Gasteiger partial charge in [-0.15, -0.1) is 0 Å². The minimum atomic E-state index is -0.489. The maximum atomic E-state index is 12.3. The third-order valence-corrected chi connectivity index (χ3v) is 3.84. The fourth-order valence-electron chi connectivity index (χ4n) is 2.74. The highest BCUT2D eigenvalue weighted by atomic mass is 16.3. The van der Waals surface area contributed by atoms with E-state index < -0.39 is 6.04 Å². The van der Waals surface area contributed by atoms with Crippen molar-refractivity contribution in [1.29, 1.82) is 0 Å². The summed E-state index contributed by atoms with van der Waals surface area (Å²) >= 11 is 0. The number of aromatic hydroxyl groups is 1. The molecule has 2 unspecified atom stereocenters. The zero-order valence-electron chi connectivity index (χ0n) is 11.4. The van der Waals surface area contributed by atoms with Gasteiger partial charge in [0.1, 0.15) is 5.75 Å². The number of nitrogens with zero attached hydrogens (tertiary/aromatic N) is 1. The van der Waals surface area contributed by atoms with Crippen molar-refractivity contribution in [1.82, 2.24) is 4.90 Å². The van der Waals surface area contributed by atoms with Gasteiger partial charge in [-0.2, -0.15) is 0 Å². The Morgan fingerprint density at radius 2 is 2.16 bits per heavy atom. The summed E-state index contributed by atoms with van der Waals surface area (Å²) in [7, 11) is 0. The number of benzene rings is 1. The number of carbonyl (C=O) groups is 1. The topological polar surface area (TPSA) is 66.6 Å². The van der Waals surface area contributed by atoms with E-state index in [9.17, 15) is 9.90 Å². The lowest BCUT2D eigenvalue weighted by Crippen LogP contribution is -2.46. The van der Waals surface area contributed by atoms with Gasteiger partial charge in [0.25, 0.3) is 0 Å². The van der Waals surface area contributed by atoms with E-state index in [2.05, 4.69) is 6.92 Å². The van der Waals surface area contributed by atoms with Crippen LogP contribution in [0.2, 0.25) is 0 Å². The van der Waals surface area contributed by atoms with Crippen LogP contribution < -0.4 is 5.73 Å². The summed E-state index contributed by atoms with van der Waals surface area (Å²) in [6.07, 6.45) is 3.69. The van der Waals surface area contributed by atoms with Gasteiger partial charge in [0.15, 0.2) is 0 Å². The number of rotatable bonds is 4. The molecule has 19 heavy (non-hydrogen) atoms. The Labute approximate surface area is 114 Å². The third kappa shape index (κ3) is 3.26. The molecule has 0 saturated carbocycles. The van der Waals surface area contributed by atoms with Crippen LogP contribution in [0.15, 0.2) is 24.3 Å². The highest BCUT2D eigenvalue weighted by Crippen LogP contribution is 2.21. The molecule has 0 spiro atoms. The molecule has 2 atom stereocenters. The van der Waals surface area contributed by atoms with Crippen LogP contribution >= 0.6 is 0 Å². The normalized spacial score (nSPS) is 20.5.